The van der Waals surface area contributed by atoms with Gasteiger partial charge >= 0.3 is 5.97 Å². The summed E-state index contributed by atoms with van der Waals surface area (Å²) in [6, 6.07) is 15.4. The number of nitrogens with zero attached hydrogens (tertiary/aromatic N) is 3. The van der Waals surface area contributed by atoms with Crippen molar-refractivity contribution in [3.63, 3.8) is 0 Å². The van der Waals surface area contributed by atoms with Gasteiger partial charge in [0.05, 0.1) is 22.5 Å². The van der Waals surface area contributed by atoms with E-state index in [1.165, 1.54) is 19.1 Å². The lowest BCUT2D eigenvalue weighted by Gasteiger charge is -2.30. The van der Waals surface area contributed by atoms with Crippen molar-refractivity contribution in [2.24, 2.45) is 12.5 Å². The molecule has 8 nitrogen and oxygen atoms in total. The van der Waals surface area contributed by atoms with E-state index in [4.69, 9.17) is 10.1 Å². The third-order valence-corrected chi connectivity index (χ3v) is 12.0. The molecule has 0 saturated carbocycles. The number of aromatic nitrogens is 4. The highest BCUT2D eigenvalue weighted by molar-refractivity contribution is 7.91. The molecule has 1 unspecified atom stereocenters. The fourth-order valence-corrected chi connectivity index (χ4v) is 9.25. The van der Waals surface area contributed by atoms with Crippen LogP contribution in [0.2, 0.25) is 0 Å². The minimum absolute atomic E-state index is 0.0281. The number of benzene rings is 3. The Morgan fingerprint density at radius 1 is 1.02 bits per heavy atom. The minimum Gasteiger partial charge on any atom is -0.478 e. The average Bonchev–Trinajstić information content (AvgIpc) is 3.67. The summed E-state index contributed by atoms with van der Waals surface area (Å²) in [6.07, 6.45) is 5.35. The van der Waals surface area contributed by atoms with E-state index in [-0.39, 0.29) is 35.5 Å². The van der Waals surface area contributed by atoms with Crippen LogP contribution in [-0.2, 0) is 39.9 Å². The predicted molar refractivity (Wildman–Crippen MR) is 192 cm³/mol. The predicted octanol–water partition coefficient (Wildman–Crippen LogP) is 7.79. The van der Waals surface area contributed by atoms with Gasteiger partial charge in [-0.2, -0.15) is 5.10 Å². The third-order valence-electron chi connectivity index (χ3n) is 9.99. The smallest absolute Gasteiger partial charge is 0.331 e. The van der Waals surface area contributed by atoms with Crippen molar-refractivity contribution in [2.45, 2.75) is 65.2 Å². The van der Waals surface area contributed by atoms with Crippen LogP contribution in [0.15, 0.2) is 66.4 Å². The molecular weight excluding hydrogens is 659 g/mol. The number of aromatic amines is 1. The summed E-state index contributed by atoms with van der Waals surface area (Å²) in [5.41, 5.74) is 2.83. The van der Waals surface area contributed by atoms with Crippen LogP contribution in [0.5, 0.6) is 0 Å². The highest BCUT2D eigenvalue weighted by Crippen LogP contribution is 2.39. The monoisotopic (exact) mass is 700 g/mol. The van der Waals surface area contributed by atoms with E-state index in [1.54, 1.807) is 36.1 Å². The number of nitrogens with one attached hydrogen (secondary N) is 1. The molecule has 0 spiro atoms. The molecular formula is C39H42F2N4O4S. The van der Waals surface area contributed by atoms with Crippen molar-refractivity contribution >= 4 is 32.8 Å². The van der Waals surface area contributed by atoms with Gasteiger partial charge in [-0.05, 0) is 96.7 Å². The number of carbonyl (C=O) groups is 1. The Morgan fingerprint density at radius 2 is 1.80 bits per heavy atom. The standard InChI is InChI=1S/C39H42F2N4O4S/c1-24(36(46)47)18-25-8-6-9-27(19-25)39(4)15-7-14-38(2,3)23-50(48,49)17-13-28-29-12-16-42-34(29)22-33(41)30(28)20-26-10-11-32(40)31(21-26)35-43-37(39)44-45(35)5/h6,8-12,16,18-19,21-22,42H,7,13-15,17,20,23H2,1-5H3,(H,46,47)/b24-18+. The first kappa shape index (κ1) is 35.2. The molecule has 1 aliphatic heterocycles. The average molecular weight is 701 g/mol. The van der Waals surface area contributed by atoms with Gasteiger partial charge in [0.1, 0.15) is 11.6 Å². The molecule has 3 heterocycles. The van der Waals surface area contributed by atoms with Gasteiger partial charge in [0, 0.05) is 36.1 Å². The van der Waals surface area contributed by atoms with E-state index in [0.29, 0.717) is 58.7 Å². The number of carboxylic acids is 1. The Balaban J connectivity index is 1.52. The van der Waals surface area contributed by atoms with Crippen molar-refractivity contribution in [2.75, 3.05) is 11.5 Å². The SMILES string of the molecule is C/C(=C\c1cccc(C2(C)CCCC(C)(C)CS(=O)(=O)CCc3c(c(F)cc4[nH]ccc34)Cc3ccc(F)c(c3)-c3nc2nn3C)c1)C(=O)O. The zero-order valence-electron chi connectivity index (χ0n) is 29.0. The zero-order valence-corrected chi connectivity index (χ0v) is 29.8. The van der Waals surface area contributed by atoms with Crippen LogP contribution < -0.4 is 0 Å². The first-order chi connectivity index (χ1) is 23.5. The van der Waals surface area contributed by atoms with Crippen LogP contribution in [0.1, 0.15) is 80.6 Å². The molecule has 0 amide bonds. The van der Waals surface area contributed by atoms with Gasteiger partial charge in [-0.15, -0.1) is 0 Å². The number of aliphatic carboxylic acids is 1. The summed E-state index contributed by atoms with van der Waals surface area (Å²) in [4.78, 5) is 19.6. The van der Waals surface area contributed by atoms with Crippen molar-refractivity contribution in [1.29, 1.82) is 0 Å². The fourth-order valence-electron chi connectivity index (χ4n) is 7.26. The molecule has 0 saturated heterocycles. The molecule has 0 radical (unpaired) electrons. The first-order valence-corrected chi connectivity index (χ1v) is 18.6. The van der Waals surface area contributed by atoms with Crippen LogP contribution in [0, 0.1) is 17.0 Å². The number of hydrogen-bond acceptors (Lipinski definition) is 5. The van der Waals surface area contributed by atoms with Crippen molar-refractivity contribution in [3.8, 4) is 11.4 Å². The molecule has 11 heteroatoms. The van der Waals surface area contributed by atoms with E-state index in [0.717, 1.165) is 10.9 Å². The molecule has 3 aromatic carbocycles. The van der Waals surface area contributed by atoms with Crippen molar-refractivity contribution in [3.05, 3.63) is 112 Å². The van der Waals surface area contributed by atoms with Crippen LogP contribution in [0.4, 0.5) is 8.78 Å². The van der Waals surface area contributed by atoms with E-state index >= 15 is 8.78 Å². The number of rotatable bonds is 3. The van der Waals surface area contributed by atoms with Crippen LogP contribution >= 0.6 is 0 Å². The van der Waals surface area contributed by atoms with E-state index in [1.807, 2.05) is 51.1 Å². The highest BCUT2D eigenvalue weighted by Gasteiger charge is 2.36. The number of fused-ring (bicyclic) bond motifs is 8. The Kier molecular flexibility index (Phi) is 9.32. The van der Waals surface area contributed by atoms with Crippen molar-refractivity contribution < 1.29 is 27.1 Å². The summed E-state index contributed by atoms with van der Waals surface area (Å²) in [6.45, 7) is 7.44. The first-order valence-electron chi connectivity index (χ1n) is 16.8. The molecule has 0 aliphatic carbocycles. The molecule has 6 rings (SSSR count). The van der Waals surface area contributed by atoms with Gasteiger partial charge in [0.15, 0.2) is 21.5 Å². The van der Waals surface area contributed by atoms with Gasteiger partial charge in [-0.1, -0.05) is 50.6 Å². The van der Waals surface area contributed by atoms with Gasteiger partial charge in [-0.3, -0.25) is 0 Å². The van der Waals surface area contributed by atoms with Crippen molar-refractivity contribution in [1.82, 2.24) is 19.7 Å². The summed E-state index contributed by atoms with van der Waals surface area (Å²) < 4.78 is 60.3. The maximum Gasteiger partial charge on any atom is 0.331 e. The number of carboxylic acid groups (broad SMARTS) is 1. The van der Waals surface area contributed by atoms with Crippen LogP contribution in [0.25, 0.3) is 28.4 Å². The number of H-pyrrole nitrogens is 1. The molecule has 1 atom stereocenters. The summed E-state index contributed by atoms with van der Waals surface area (Å²) in [7, 11) is -1.84. The van der Waals surface area contributed by atoms with Gasteiger partial charge in [0.25, 0.3) is 0 Å². The van der Waals surface area contributed by atoms with Gasteiger partial charge < -0.3 is 10.1 Å². The molecule has 4 bridgehead atoms. The molecule has 50 heavy (non-hydrogen) atoms. The summed E-state index contributed by atoms with van der Waals surface area (Å²) in [5, 5.41) is 15.1. The molecule has 1 aliphatic rings. The van der Waals surface area contributed by atoms with Gasteiger partial charge in [0.2, 0.25) is 0 Å². The Morgan fingerprint density at radius 3 is 2.56 bits per heavy atom. The maximum absolute atomic E-state index is 15.8. The second kappa shape index (κ2) is 13.2. The topological polar surface area (TPSA) is 118 Å². The number of sulfone groups is 1. The largest absolute Gasteiger partial charge is 0.478 e. The van der Waals surface area contributed by atoms with Crippen LogP contribution in [0.3, 0.4) is 0 Å². The molecule has 0 fully saturated rings. The Bertz CT molecular complexity index is 2250. The zero-order chi connectivity index (χ0) is 36.0. The maximum atomic E-state index is 15.8. The Labute approximate surface area is 291 Å². The van der Waals surface area contributed by atoms with Gasteiger partial charge in [-0.25, -0.2) is 31.7 Å². The van der Waals surface area contributed by atoms with E-state index in [2.05, 4.69) is 4.98 Å². The molecule has 2 aromatic heterocycles. The number of halogens is 2. The Hall–Kier alpha value is -4.64. The highest BCUT2D eigenvalue weighted by atomic mass is 32.2. The lowest BCUT2D eigenvalue weighted by molar-refractivity contribution is -0.132. The molecule has 262 valence electrons. The quantitative estimate of drug-likeness (QED) is 0.186. The minimum atomic E-state index is -3.55. The number of hydrogen-bond donors (Lipinski definition) is 2. The summed E-state index contributed by atoms with van der Waals surface area (Å²) >= 11 is 0. The number of aryl methyl sites for hydroxylation is 2. The lowest BCUT2D eigenvalue weighted by Crippen LogP contribution is -2.29. The molecule has 2 N–H and O–H groups in total. The van der Waals surface area contributed by atoms with E-state index in [9.17, 15) is 18.3 Å². The second-order valence-electron chi connectivity index (χ2n) is 14.6. The summed E-state index contributed by atoms with van der Waals surface area (Å²) in [5.74, 6) is -1.36. The normalized spacial score (nSPS) is 19.8. The van der Waals surface area contributed by atoms with Crippen LogP contribution in [-0.4, -0.2) is 50.7 Å². The van der Waals surface area contributed by atoms with E-state index < -0.39 is 38.3 Å². The lowest BCUT2D eigenvalue weighted by atomic mass is 9.75. The second-order valence-corrected chi connectivity index (χ2v) is 16.8. The fraction of sp³-hybridized carbons (Fsp3) is 0.359. The third kappa shape index (κ3) is 7.14. The molecule has 5 aromatic rings.